The molecule has 0 aliphatic heterocycles. The topological polar surface area (TPSA) is 55.1 Å². The molecule has 8 heteroatoms. The smallest absolute Gasteiger partial charge is 0.277 e. The monoisotopic (exact) mass is 488 g/mol. The molecule has 4 aromatic rings. The SMILES string of the molecule is O=C(Nc1ccccc1SCc1cc(Cl)cc(Cl)c1)c1cc(-c2ccc(Cl)cc2)on1. The first-order valence-corrected chi connectivity index (χ1v) is 11.3. The summed E-state index contributed by atoms with van der Waals surface area (Å²) in [5.41, 5.74) is 2.65. The van der Waals surface area contributed by atoms with Gasteiger partial charge < -0.3 is 9.84 Å². The van der Waals surface area contributed by atoms with Crippen LogP contribution in [0.25, 0.3) is 11.3 Å². The second-order valence-corrected chi connectivity index (χ2v) is 8.93. The summed E-state index contributed by atoms with van der Waals surface area (Å²) >= 11 is 19.6. The molecule has 0 spiro atoms. The standard InChI is InChI=1S/C23H15Cl3N2O2S/c24-16-7-5-15(6-8-16)21-12-20(28-30-21)23(29)27-19-3-1-2-4-22(19)31-13-14-9-17(25)11-18(26)10-14/h1-12H,13H2,(H,27,29). The van der Waals surface area contributed by atoms with Gasteiger partial charge in [-0.2, -0.15) is 0 Å². The second-order valence-electron chi connectivity index (χ2n) is 6.60. The summed E-state index contributed by atoms with van der Waals surface area (Å²) in [7, 11) is 0. The van der Waals surface area contributed by atoms with Crippen molar-refractivity contribution in [3.63, 3.8) is 0 Å². The van der Waals surface area contributed by atoms with Crippen LogP contribution in [0.1, 0.15) is 16.1 Å². The van der Waals surface area contributed by atoms with Gasteiger partial charge in [-0.3, -0.25) is 4.79 Å². The average molecular weight is 490 g/mol. The van der Waals surface area contributed by atoms with Crippen LogP contribution in [-0.4, -0.2) is 11.1 Å². The molecule has 0 bridgehead atoms. The highest BCUT2D eigenvalue weighted by Gasteiger charge is 2.15. The molecule has 1 aromatic heterocycles. The van der Waals surface area contributed by atoms with E-state index in [1.54, 1.807) is 48.2 Å². The number of nitrogens with one attached hydrogen (secondary N) is 1. The Morgan fingerprint density at radius 3 is 2.35 bits per heavy atom. The number of para-hydroxylation sites is 1. The molecule has 3 aromatic carbocycles. The van der Waals surface area contributed by atoms with E-state index < -0.39 is 0 Å². The Kier molecular flexibility index (Phi) is 6.88. The van der Waals surface area contributed by atoms with Gasteiger partial charge in [0, 0.05) is 37.3 Å². The molecule has 0 unspecified atom stereocenters. The number of halogens is 3. The number of aromatic nitrogens is 1. The van der Waals surface area contributed by atoms with Crippen molar-refractivity contribution in [1.29, 1.82) is 0 Å². The molecule has 0 fully saturated rings. The zero-order valence-corrected chi connectivity index (χ0v) is 19.0. The summed E-state index contributed by atoms with van der Waals surface area (Å²) in [6.07, 6.45) is 0. The van der Waals surface area contributed by atoms with E-state index in [-0.39, 0.29) is 11.6 Å². The minimum absolute atomic E-state index is 0.186. The highest BCUT2D eigenvalue weighted by Crippen LogP contribution is 2.32. The van der Waals surface area contributed by atoms with Crippen LogP contribution in [-0.2, 0) is 5.75 Å². The summed E-state index contributed by atoms with van der Waals surface area (Å²) in [6, 6.07) is 21.7. The maximum atomic E-state index is 12.7. The minimum atomic E-state index is -0.359. The second kappa shape index (κ2) is 9.79. The average Bonchev–Trinajstić information content (AvgIpc) is 3.23. The maximum absolute atomic E-state index is 12.7. The van der Waals surface area contributed by atoms with Crippen LogP contribution in [0, 0.1) is 0 Å². The predicted octanol–water partition coefficient (Wildman–Crippen LogP) is 7.85. The number of anilines is 1. The van der Waals surface area contributed by atoms with Gasteiger partial charge in [-0.15, -0.1) is 11.8 Å². The van der Waals surface area contributed by atoms with Crippen molar-refractivity contribution in [3.8, 4) is 11.3 Å². The number of hydrogen-bond donors (Lipinski definition) is 1. The molecule has 4 nitrogen and oxygen atoms in total. The van der Waals surface area contributed by atoms with E-state index in [4.69, 9.17) is 39.3 Å². The van der Waals surface area contributed by atoms with E-state index >= 15 is 0 Å². The Hall–Kier alpha value is -2.44. The Morgan fingerprint density at radius 1 is 0.903 bits per heavy atom. The number of rotatable bonds is 6. The fourth-order valence-electron chi connectivity index (χ4n) is 2.87. The lowest BCUT2D eigenvalue weighted by Gasteiger charge is -2.10. The van der Waals surface area contributed by atoms with Crippen LogP contribution >= 0.6 is 46.6 Å². The number of hydrogen-bond acceptors (Lipinski definition) is 4. The van der Waals surface area contributed by atoms with Crippen molar-refractivity contribution >= 4 is 58.2 Å². The first-order chi connectivity index (χ1) is 15.0. The van der Waals surface area contributed by atoms with Gasteiger partial charge in [0.05, 0.1) is 5.69 Å². The van der Waals surface area contributed by atoms with Gasteiger partial charge in [0.1, 0.15) is 0 Å². The number of nitrogens with zero attached hydrogens (tertiary/aromatic N) is 1. The first-order valence-electron chi connectivity index (χ1n) is 9.19. The van der Waals surface area contributed by atoms with Crippen LogP contribution in [0.5, 0.6) is 0 Å². The highest BCUT2D eigenvalue weighted by atomic mass is 35.5. The van der Waals surface area contributed by atoms with E-state index in [0.29, 0.717) is 32.3 Å². The largest absolute Gasteiger partial charge is 0.355 e. The quantitative estimate of drug-likeness (QED) is 0.280. The summed E-state index contributed by atoms with van der Waals surface area (Å²) in [6.45, 7) is 0. The predicted molar refractivity (Wildman–Crippen MR) is 127 cm³/mol. The third-order valence-corrected chi connectivity index (χ3v) is 6.16. The van der Waals surface area contributed by atoms with Gasteiger partial charge in [-0.1, -0.05) is 52.1 Å². The molecular formula is C23H15Cl3N2O2S. The van der Waals surface area contributed by atoms with E-state index in [1.165, 1.54) is 0 Å². The molecule has 1 heterocycles. The number of carbonyl (C=O) groups excluding carboxylic acids is 1. The summed E-state index contributed by atoms with van der Waals surface area (Å²) in [5, 5.41) is 8.60. The van der Waals surface area contributed by atoms with E-state index in [0.717, 1.165) is 16.0 Å². The van der Waals surface area contributed by atoms with Crippen LogP contribution in [0.2, 0.25) is 15.1 Å². The van der Waals surface area contributed by atoms with Crippen LogP contribution in [0.4, 0.5) is 5.69 Å². The fourth-order valence-corrected chi connectivity index (χ4v) is 4.51. The van der Waals surface area contributed by atoms with Crippen molar-refractivity contribution < 1.29 is 9.32 Å². The van der Waals surface area contributed by atoms with Gasteiger partial charge in [0.15, 0.2) is 11.5 Å². The van der Waals surface area contributed by atoms with Crippen molar-refractivity contribution in [2.45, 2.75) is 10.6 Å². The maximum Gasteiger partial charge on any atom is 0.277 e. The zero-order chi connectivity index (χ0) is 21.8. The summed E-state index contributed by atoms with van der Waals surface area (Å²) in [4.78, 5) is 13.6. The lowest BCUT2D eigenvalue weighted by molar-refractivity contribution is 0.101. The first kappa shape index (κ1) is 21.8. The van der Waals surface area contributed by atoms with E-state index in [9.17, 15) is 4.79 Å². The van der Waals surface area contributed by atoms with Gasteiger partial charge in [-0.05, 0) is 60.2 Å². The Balaban J connectivity index is 1.47. The molecule has 156 valence electrons. The molecule has 0 saturated carbocycles. The van der Waals surface area contributed by atoms with Crippen molar-refractivity contribution in [3.05, 3.63) is 99.1 Å². The number of benzene rings is 3. The van der Waals surface area contributed by atoms with Gasteiger partial charge in [0.2, 0.25) is 0 Å². The molecule has 0 radical (unpaired) electrons. The van der Waals surface area contributed by atoms with Crippen LogP contribution < -0.4 is 5.32 Å². The third-order valence-electron chi connectivity index (χ3n) is 4.32. The summed E-state index contributed by atoms with van der Waals surface area (Å²) in [5.74, 6) is 0.780. The van der Waals surface area contributed by atoms with Gasteiger partial charge >= 0.3 is 0 Å². The summed E-state index contributed by atoms with van der Waals surface area (Å²) < 4.78 is 5.32. The van der Waals surface area contributed by atoms with Crippen molar-refractivity contribution in [2.24, 2.45) is 0 Å². The molecule has 0 aliphatic rings. The third kappa shape index (κ3) is 5.63. The molecule has 1 amide bonds. The fraction of sp³-hybridized carbons (Fsp3) is 0.0435. The Bertz CT molecular complexity index is 1210. The lowest BCUT2D eigenvalue weighted by Crippen LogP contribution is -2.12. The van der Waals surface area contributed by atoms with Crippen molar-refractivity contribution in [1.82, 2.24) is 5.16 Å². The highest BCUT2D eigenvalue weighted by molar-refractivity contribution is 7.98. The van der Waals surface area contributed by atoms with E-state index in [1.807, 2.05) is 36.4 Å². The molecule has 31 heavy (non-hydrogen) atoms. The number of carbonyl (C=O) groups is 1. The van der Waals surface area contributed by atoms with Gasteiger partial charge in [-0.25, -0.2) is 0 Å². The zero-order valence-electron chi connectivity index (χ0n) is 15.9. The number of thioether (sulfide) groups is 1. The minimum Gasteiger partial charge on any atom is -0.355 e. The molecule has 0 atom stereocenters. The molecule has 0 aliphatic carbocycles. The Labute approximate surface area is 198 Å². The normalized spacial score (nSPS) is 10.8. The van der Waals surface area contributed by atoms with Crippen LogP contribution in [0.15, 0.2) is 82.2 Å². The molecule has 1 N–H and O–H groups in total. The Morgan fingerprint density at radius 2 is 1.61 bits per heavy atom. The molecular weight excluding hydrogens is 475 g/mol. The number of amides is 1. The van der Waals surface area contributed by atoms with Gasteiger partial charge in [0.25, 0.3) is 5.91 Å². The van der Waals surface area contributed by atoms with E-state index in [2.05, 4.69) is 10.5 Å². The van der Waals surface area contributed by atoms with Crippen molar-refractivity contribution in [2.75, 3.05) is 5.32 Å². The lowest BCUT2D eigenvalue weighted by atomic mass is 10.1. The molecule has 0 saturated heterocycles. The molecule has 4 rings (SSSR count). The van der Waals surface area contributed by atoms with Crippen LogP contribution in [0.3, 0.4) is 0 Å².